The SMILES string of the molecule is CCCN(C(C)C)S(=O)(=O)c1ccccc1-c1nc(-c2nnc(Cc3ccc(F)cc3)o2)c(O)c2ncccc12. The van der Waals surface area contributed by atoms with Crippen LogP contribution in [0.25, 0.3) is 33.7 Å². The second kappa shape index (κ2) is 11.1. The van der Waals surface area contributed by atoms with E-state index in [0.29, 0.717) is 29.6 Å². The van der Waals surface area contributed by atoms with E-state index in [1.165, 1.54) is 22.6 Å². The Hall–Kier alpha value is -4.22. The summed E-state index contributed by atoms with van der Waals surface area (Å²) in [5.74, 6) is -0.445. The summed E-state index contributed by atoms with van der Waals surface area (Å²) in [5, 5.41) is 19.8. The van der Waals surface area contributed by atoms with Crippen molar-refractivity contribution in [1.29, 1.82) is 0 Å². The minimum Gasteiger partial charge on any atom is -0.504 e. The van der Waals surface area contributed by atoms with Crippen LogP contribution >= 0.6 is 0 Å². The van der Waals surface area contributed by atoms with Gasteiger partial charge in [0.05, 0.1) is 17.0 Å². The molecule has 0 aliphatic heterocycles. The van der Waals surface area contributed by atoms with Gasteiger partial charge in [0.2, 0.25) is 15.9 Å². The second-order valence-corrected chi connectivity index (χ2v) is 11.4. The Morgan fingerprint density at radius 3 is 2.48 bits per heavy atom. The number of fused-ring (bicyclic) bond motifs is 1. The molecule has 3 heterocycles. The van der Waals surface area contributed by atoms with Crippen molar-refractivity contribution >= 4 is 20.9 Å². The normalized spacial score (nSPS) is 12.1. The van der Waals surface area contributed by atoms with Gasteiger partial charge in [-0.1, -0.05) is 37.3 Å². The zero-order chi connectivity index (χ0) is 28.4. The number of pyridine rings is 2. The molecule has 2 aromatic carbocycles. The van der Waals surface area contributed by atoms with Crippen molar-refractivity contribution in [2.45, 2.75) is 44.6 Å². The molecule has 0 aliphatic carbocycles. The van der Waals surface area contributed by atoms with Crippen LogP contribution in [0.15, 0.2) is 76.2 Å². The lowest BCUT2D eigenvalue weighted by molar-refractivity contribution is 0.354. The summed E-state index contributed by atoms with van der Waals surface area (Å²) in [6.07, 6.45) is 2.43. The first-order chi connectivity index (χ1) is 19.2. The molecule has 9 nitrogen and oxygen atoms in total. The average Bonchev–Trinajstić information content (AvgIpc) is 3.41. The molecule has 5 aromatic rings. The number of hydrogen-bond acceptors (Lipinski definition) is 8. The molecule has 0 spiro atoms. The van der Waals surface area contributed by atoms with Crippen molar-refractivity contribution in [3.63, 3.8) is 0 Å². The van der Waals surface area contributed by atoms with Crippen LogP contribution < -0.4 is 0 Å². The molecule has 206 valence electrons. The summed E-state index contributed by atoms with van der Waals surface area (Å²) in [6.45, 7) is 5.97. The molecule has 0 saturated heterocycles. The summed E-state index contributed by atoms with van der Waals surface area (Å²) >= 11 is 0. The molecule has 1 N–H and O–H groups in total. The smallest absolute Gasteiger partial charge is 0.270 e. The van der Waals surface area contributed by atoms with Gasteiger partial charge >= 0.3 is 0 Å². The number of sulfonamides is 1. The van der Waals surface area contributed by atoms with Gasteiger partial charge in [-0.2, -0.15) is 4.31 Å². The first-order valence-electron chi connectivity index (χ1n) is 12.9. The maximum Gasteiger partial charge on any atom is 0.270 e. The lowest BCUT2D eigenvalue weighted by Gasteiger charge is -2.26. The summed E-state index contributed by atoms with van der Waals surface area (Å²) < 4.78 is 48.4. The Balaban J connectivity index is 1.66. The van der Waals surface area contributed by atoms with Crippen LogP contribution in [0, 0.1) is 5.82 Å². The summed E-state index contributed by atoms with van der Waals surface area (Å²) in [7, 11) is -3.90. The second-order valence-electron chi connectivity index (χ2n) is 9.57. The highest BCUT2D eigenvalue weighted by atomic mass is 32.2. The Kier molecular flexibility index (Phi) is 7.59. The van der Waals surface area contributed by atoms with E-state index in [9.17, 15) is 17.9 Å². The fourth-order valence-electron chi connectivity index (χ4n) is 4.56. The van der Waals surface area contributed by atoms with Crippen LogP contribution in [0.2, 0.25) is 0 Å². The zero-order valence-electron chi connectivity index (χ0n) is 22.2. The first-order valence-corrected chi connectivity index (χ1v) is 14.3. The standard InChI is InChI=1S/C29H28FN5O4S/c1-4-16-35(18(2)3)40(37,38)23-10-6-5-8-21(23)25-22-9-7-15-31-26(22)28(36)27(32-25)29-34-33-24(39-29)17-19-11-13-20(30)14-12-19/h5-15,18,36H,4,16-17H2,1-3H3. The Morgan fingerprint density at radius 2 is 1.75 bits per heavy atom. The van der Waals surface area contributed by atoms with E-state index in [4.69, 9.17) is 4.42 Å². The lowest BCUT2D eigenvalue weighted by atomic mass is 10.0. The van der Waals surface area contributed by atoms with Crippen molar-refractivity contribution in [1.82, 2.24) is 24.5 Å². The molecular formula is C29H28FN5O4S. The Labute approximate surface area is 231 Å². The fraction of sp³-hybridized carbons (Fsp3) is 0.241. The maximum atomic E-state index is 13.9. The van der Waals surface area contributed by atoms with E-state index in [1.54, 1.807) is 48.5 Å². The number of aromatic nitrogens is 4. The molecule has 0 fully saturated rings. The van der Waals surface area contributed by atoms with Crippen LogP contribution in [0.5, 0.6) is 5.75 Å². The summed E-state index contributed by atoms with van der Waals surface area (Å²) in [4.78, 5) is 9.12. The van der Waals surface area contributed by atoms with Crippen LogP contribution in [0.4, 0.5) is 4.39 Å². The number of halogens is 1. The quantitative estimate of drug-likeness (QED) is 0.247. The highest BCUT2D eigenvalue weighted by Gasteiger charge is 2.30. The molecule has 0 bridgehead atoms. The highest BCUT2D eigenvalue weighted by molar-refractivity contribution is 7.89. The fourth-order valence-corrected chi connectivity index (χ4v) is 6.49. The van der Waals surface area contributed by atoms with Crippen molar-refractivity contribution in [2.75, 3.05) is 6.54 Å². The van der Waals surface area contributed by atoms with Gasteiger partial charge in [0.25, 0.3) is 5.89 Å². The molecular weight excluding hydrogens is 533 g/mol. The van der Waals surface area contributed by atoms with Crippen LogP contribution in [-0.4, -0.2) is 50.6 Å². The van der Waals surface area contributed by atoms with Gasteiger partial charge in [0.15, 0.2) is 11.4 Å². The number of hydrogen-bond donors (Lipinski definition) is 1. The maximum absolute atomic E-state index is 13.9. The molecule has 0 unspecified atom stereocenters. The van der Waals surface area contributed by atoms with Gasteiger partial charge in [0, 0.05) is 29.7 Å². The van der Waals surface area contributed by atoms with Crippen LogP contribution in [0.3, 0.4) is 0 Å². The first kappa shape index (κ1) is 27.4. The zero-order valence-corrected chi connectivity index (χ0v) is 23.1. The van der Waals surface area contributed by atoms with Crippen LogP contribution in [0.1, 0.15) is 38.6 Å². The highest BCUT2D eigenvalue weighted by Crippen LogP contribution is 2.40. The van der Waals surface area contributed by atoms with Crippen LogP contribution in [-0.2, 0) is 16.4 Å². The van der Waals surface area contributed by atoms with E-state index in [2.05, 4.69) is 20.2 Å². The predicted octanol–water partition coefficient (Wildman–Crippen LogP) is 5.59. The Morgan fingerprint density at radius 1 is 1.00 bits per heavy atom. The van der Waals surface area contributed by atoms with Crippen molar-refractivity contribution in [3.8, 4) is 28.6 Å². The van der Waals surface area contributed by atoms with E-state index >= 15 is 0 Å². The van der Waals surface area contributed by atoms with E-state index < -0.39 is 10.0 Å². The molecule has 3 aromatic heterocycles. The Bertz CT molecular complexity index is 1770. The average molecular weight is 562 g/mol. The van der Waals surface area contributed by atoms with Gasteiger partial charge in [0.1, 0.15) is 11.3 Å². The van der Waals surface area contributed by atoms with Crippen molar-refractivity contribution < 1.29 is 22.3 Å². The lowest BCUT2D eigenvalue weighted by Crippen LogP contribution is -2.37. The molecule has 11 heteroatoms. The van der Waals surface area contributed by atoms with E-state index in [1.807, 2.05) is 20.8 Å². The topological polar surface area (TPSA) is 122 Å². The molecule has 0 atom stereocenters. The number of benzene rings is 2. The summed E-state index contributed by atoms with van der Waals surface area (Å²) in [5.41, 5.74) is 1.60. The minimum atomic E-state index is -3.90. The monoisotopic (exact) mass is 561 g/mol. The van der Waals surface area contributed by atoms with Crippen molar-refractivity contribution in [3.05, 3.63) is 84.1 Å². The minimum absolute atomic E-state index is 0.0273. The third-order valence-corrected chi connectivity index (χ3v) is 8.56. The number of aromatic hydroxyl groups is 1. The molecule has 5 rings (SSSR count). The van der Waals surface area contributed by atoms with Gasteiger partial charge in [-0.05, 0) is 56.2 Å². The van der Waals surface area contributed by atoms with Gasteiger partial charge < -0.3 is 9.52 Å². The summed E-state index contributed by atoms with van der Waals surface area (Å²) in [6, 6.07) is 15.7. The van der Waals surface area contributed by atoms with Gasteiger partial charge in [-0.3, -0.25) is 4.98 Å². The molecule has 0 amide bonds. The molecule has 0 aliphatic rings. The third kappa shape index (κ3) is 5.17. The third-order valence-electron chi connectivity index (χ3n) is 6.42. The number of rotatable bonds is 9. The van der Waals surface area contributed by atoms with E-state index in [0.717, 1.165) is 5.56 Å². The van der Waals surface area contributed by atoms with Gasteiger partial charge in [-0.15, -0.1) is 10.2 Å². The predicted molar refractivity (Wildman–Crippen MR) is 148 cm³/mol. The molecule has 40 heavy (non-hydrogen) atoms. The molecule has 0 radical (unpaired) electrons. The largest absolute Gasteiger partial charge is 0.504 e. The number of nitrogens with zero attached hydrogens (tertiary/aromatic N) is 5. The van der Waals surface area contributed by atoms with Gasteiger partial charge in [-0.25, -0.2) is 17.8 Å². The van der Waals surface area contributed by atoms with E-state index in [-0.39, 0.29) is 51.9 Å². The van der Waals surface area contributed by atoms with Crippen molar-refractivity contribution in [2.24, 2.45) is 0 Å². The molecule has 0 saturated carbocycles.